The quantitative estimate of drug-likeness (QED) is 0.726. The van der Waals surface area contributed by atoms with Gasteiger partial charge in [0.25, 0.3) is 0 Å². The van der Waals surface area contributed by atoms with E-state index in [1.807, 2.05) is 12.1 Å². The molecule has 1 saturated carbocycles. The minimum absolute atomic E-state index is 0.258. The van der Waals surface area contributed by atoms with Gasteiger partial charge in [-0.05, 0) is 36.8 Å². The predicted molar refractivity (Wildman–Crippen MR) is 75.8 cm³/mol. The fraction of sp³-hybridized carbons (Fsp3) is 0.533. The van der Waals surface area contributed by atoms with Crippen LogP contribution in [0.15, 0.2) is 18.2 Å². The Balaban J connectivity index is 2.25. The molecule has 1 aliphatic rings. The topological polar surface area (TPSA) is 23.8 Å². The molecule has 1 nitrogen and oxygen atoms in total. The lowest BCUT2D eigenvalue weighted by Gasteiger charge is -2.34. The number of nitriles is 1. The summed E-state index contributed by atoms with van der Waals surface area (Å²) < 4.78 is 0. The Bertz CT molecular complexity index is 478. The normalized spacial score (nSPS) is 27.8. The van der Waals surface area contributed by atoms with E-state index < -0.39 is 0 Å². The first-order valence-electron chi connectivity index (χ1n) is 6.40. The maximum atomic E-state index is 9.55. The summed E-state index contributed by atoms with van der Waals surface area (Å²) in [4.78, 5) is 0. The Morgan fingerprint density at radius 2 is 2.22 bits per heavy atom. The first kappa shape index (κ1) is 13.7. The van der Waals surface area contributed by atoms with Crippen molar-refractivity contribution < 1.29 is 0 Å². The predicted octanol–water partition coefficient (Wildman–Crippen LogP) is 5.26. The Morgan fingerprint density at radius 1 is 1.44 bits per heavy atom. The average Bonchev–Trinajstić information content (AvgIpc) is 2.35. The zero-order valence-electron chi connectivity index (χ0n) is 10.5. The number of hydrogen-bond donors (Lipinski definition) is 0. The van der Waals surface area contributed by atoms with Crippen LogP contribution in [0.1, 0.15) is 38.2 Å². The highest BCUT2D eigenvalue weighted by Crippen LogP contribution is 2.43. The number of nitrogens with zero attached hydrogens (tertiary/aromatic N) is 1. The van der Waals surface area contributed by atoms with E-state index in [-0.39, 0.29) is 5.41 Å². The Labute approximate surface area is 119 Å². The molecule has 2 atom stereocenters. The molecule has 96 valence electrons. The van der Waals surface area contributed by atoms with Crippen molar-refractivity contribution in [3.05, 3.63) is 33.8 Å². The smallest absolute Gasteiger partial charge is 0.0693 e. The number of hydrogen-bond acceptors (Lipinski definition) is 1. The van der Waals surface area contributed by atoms with E-state index in [1.165, 1.54) is 6.42 Å². The zero-order chi connectivity index (χ0) is 13.2. The van der Waals surface area contributed by atoms with Crippen LogP contribution in [0.25, 0.3) is 0 Å². The molecule has 2 rings (SSSR count). The summed E-state index contributed by atoms with van der Waals surface area (Å²) in [6.07, 6.45) is 5.01. The van der Waals surface area contributed by atoms with Crippen molar-refractivity contribution in [1.82, 2.24) is 0 Å². The molecule has 2 unspecified atom stereocenters. The Morgan fingerprint density at radius 3 is 2.89 bits per heavy atom. The van der Waals surface area contributed by atoms with Crippen LogP contribution in [-0.4, -0.2) is 0 Å². The van der Waals surface area contributed by atoms with Crippen LogP contribution in [-0.2, 0) is 6.42 Å². The molecule has 0 amide bonds. The first-order chi connectivity index (χ1) is 8.56. The van der Waals surface area contributed by atoms with Gasteiger partial charge in [-0.25, -0.2) is 0 Å². The molecule has 0 radical (unpaired) electrons. The highest BCUT2D eigenvalue weighted by molar-refractivity contribution is 6.42. The fourth-order valence-electron chi connectivity index (χ4n) is 3.01. The second-order valence-corrected chi connectivity index (χ2v) is 6.27. The third kappa shape index (κ3) is 2.82. The maximum absolute atomic E-state index is 9.55. The number of benzene rings is 1. The summed E-state index contributed by atoms with van der Waals surface area (Å²) in [6.45, 7) is 2.23. The molecule has 0 heterocycles. The van der Waals surface area contributed by atoms with Crippen LogP contribution in [0.4, 0.5) is 0 Å². The van der Waals surface area contributed by atoms with Crippen LogP contribution in [0, 0.1) is 22.7 Å². The van der Waals surface area contributed by atoms with Gasteiger partial charge in [0.15, 0.2) is 0 Å². The molecule has 18 heavy (non-hydrogen) atoms. The van der Waals surface area contributed by atoms with E-state index in [0.29, 0.717) is 22.4 Å². The van der Waals surface area contributed by atoms with Gasteiger partial charge >= 0.3 is 0 Å². The standard InChI is InChI=1S/C15H17Cl2N/c1-11-4-3-7-15(8-11,10-18)9-12-5-2-6-13(16)14(12)17/h2,5-6,11H,3-4,7-9H2,1H3. The second kappa shape index (κ2) is 5.51. The van der Waals surface area contributed by atoms with E-state index in [1.54, 1.807) is 6.07 Å². The lowest BCUT2D eigenvalue weighted by molar-refractivity contribution is 0.209. The van der Waals surface area contributed by atoms with Crippen molar-refractivity contribution >= 4 is 23.2 Å². The molecule has 1 fully saturated rings. The third-order valence-corrected chi connectivity index (χ3v) is 4.75. The van der Waals surface area contributed by atoms with Gasteiger partial charge in [0.1, 0.15) is 0 Å². The first-order valence-corrected chi connectivity index (χ1v) is 7.16. The molecule has 1 aliphatic carbocycles. The van der Waals surface area contributed by atoms with Gasteiger partial charge in [-0.2, -0.15) is 5.26 Å². The Hall–Kier alpha value is -0.710. The third-order valence-electron chi connectivity index (χ3n) is 3.89. The average molecular weight is 282 g/mol. The fourth-order valence-corrected chi connectivity index (χ4v) is 3.40. The van der Waals surface area contributed by atoms with Gasteiger partial charge in [0, 0.05) is 0 Å². The van der Waals surface area contributed by atoms with Crippen molar-refractivity contribution in [3.8, 4) is 6.07 Å². The van der Waals surface area contributed by atoms with Gasteiger partial charge in [-0.15, -0.1) is 0 Å². The maximum Gasteiger partial charge on any atom is 0.0693 e. The molecular formula is C15H17Cl2N. The van der Waals surface area contributed by atoms with Gasteiger partial charge < -0.3 is 0 Å². The zero-order valence-corrected chi connectivity index (χ0v) is 12.1. The summed E-state index contributed by atoms with van der Waals surface area (Å²) in [7, 11) is 0. The minimum Gasteiger partial charge on any atom is -0.198 e. The van der Waals surface area contributed by atoms with E-state index >= 15 is 0 Å². The summed E-state index contributed by atoms with van der Waals surface area (Å²) in [5.74, 6) is 0.622. The van der Waals surface area contributed by atoms with Crippen LogP contribution in [0.3, 0.4) is 0 Å². The van der Waals surface area contributed by atoms with Crippen molar-refractivity contribution in [1.29, 1.82) is 5.26 Å². The van der Waals surface area contributed by atoms with Crippen molar-refractivity contribution in [2.75, 3.05) is 0 Å². The lowest BCUT2D eigenvalue weighted by Crippen LogP contribution is -2.28. The molecule has 0 N–H and O–H groups in total. The molecule has 0 spiro atoms. The molecule has 0 saturated heterocycles. The van der Waals surface area contributed by atoms with Gasteiger partial charge in [0.05, 0.1) is 21.5 Å². The summed E-state index contributed by atoms with van der Waals surface area (Å²) >= 11 is 12.3. The molecule has 0 aromatic heterocycles. The molecule has 0 aliphatic heterocycles. The van der Waals surface area contributed by atoms with Gasteiger partial charge in [-0.1, -0.05) is 55.1 Å². The van der Waals surface area contributed by atoms with Gasteiger partial charge in [-0.3, -0.25) is 0 Å². The van der Waals surface area contributed by atoms with Crippen molar-refractivity contribution in [2.24, 2.45) is 11.3 Å². The second-order valence-electron chi connectivity index (χ2n) is 5.48. The summed E-state index contributed by atoms with van der Waals surface area (Å²) in [5.41, 5.74) is 0.742. The molecular weight excluding hydrogens is 265 g/mol. The van der Waals surface area contributed by atoms with Crippen LogP contribution in [0.5, 0.6) is 0 Å². The minimum atomic E-state index is -0.258. The SMILES string of the molecule is CC1CCCC(C#N)(Cc2cccc(Cl)c2Cl)C1. The van der Waals surface area contributed by atoms with Crippen LogP contribution >= 0.6 is 23.2 Å². The van der Waals surface area contributed by atoms with E-state index in [9.17, 15) is 5.26 Å². The molecule has 0 bridgehead atoms. The highest BCUT2D eigenvalue weighted by atomic mass is 35.5. The van der Waals surface area contributed by atoms with Gasteiger partial charge in [0.2, 0.25) is 0 Å². The number of halogens is 2. The van der Waals surface area contributed by atoms with E-state index in [2.05, 4.69) is 13.0 Å². The lowest BCUT2D eigenvalue weighted by atomic mass is 9.68. The van der Waals surface area contributed by atoms with E-state index in [0.717, 1.165) is 24.8 Å². The number of rotatable bonds is 2. The van der Waals surface area contributed by atoms with Crippen LogP contribution < -0.4 is 0 Å². The molecule has 3 heteroatoms. The molecule has 1 aromatic rings. The monoisotopic (exact) mass is 281 g/mol. The van der Waals surface area contributed by atoms with Crippen molar-refractivity contribution in [3.63, 3.8) is 0 Å². The van der Waals surface area contributed by atoms with E-state index in [4.69, 9.17) is 23.2 Å². The molecule has 1 aromatic carbocycles. The highest BCUT2D eigenvalue weighted by Gasteiger charge is 2.35. The largest absolute Gasteiger partial charge is 0.198 e. The van der Waals surface area contributed by atoms with Crippen LogP contribution in [0.2, 0.25) is 10.0 Å². The summed E-state index contributed by atoms with van der Waals surface area (Å²) in [5, 5.41) is 10.7. The Kier molecular flexibility index (Phi) is 4.20. The summed E-state index contributed by atoms with van der Waals surface area (Å²) in [6, 6.07) is 8.21. The van der Waals surface area contributed by atoms with Crippen molar-refractivity contribution in [2.45, 2.75) is 39.0 Å².